The maximum atomic E-state index is 12.1. The number of nitrogens with zero attached hydrogens (tertiary/aromatic N) is 2. The first-order chi connectivity index (χ1) is 10.5. The van der Waals surface area contributed by atoms with Gasteiger partial charge in [-0.05, 0) is 32.4 Å². The monoisotopic (exact) mass is 310 g/mol. The van der Waals surface area contributed by atoms with Crippen LogP contribution in [0.15, 0.2) is 23.1 Å². The van der Waals surface area contributed by atoms with Crippen molar-refractivity contribution in [3.8, 4) is 5.75 Å². The summed E-state index contributed by atoms with van der Waals surface area (Å²) in [5, 5.41) is 8.61. The summed E-state index contributed by atoms with van der Waals surface area (Å²) in [6.07, 6.45) is 1.93. The Bertz CT molecular complexity index is 563. The van der Waals surface area contributed by atoms with Crippen LogP contribution in [0.4, 0.5) is 0 Å². The smallest absolute Gasteiger partial charge is 0.303 e. The Kier molecular flexibility index (Phi) is 7.15. The molecule has 1 N–H and O–H groups in total. The van der Waals surface area contributed by atoms with E-state index in [1.165, 1.54) is 10.6 Å². The predicted octanol–water partition coefficient (Wildman–Crippen LogP) is 0.960. The number of aliphatic carboxylic acids is 1. The van der Waals surface area contributed by atoms with Gasteiger partial charge in [-0.25, -0.2) is 0 Å². The topological polar surface area (TPSA) is 88.8 Å². The van der Waals surface area contributed by atoms with E-state index in [1.54, 1.807) is 17.2 Å². The van der Waals surface area contributed by atoms with E-state index in [-0.39, 0.29) is 30.2 Å². The molecule has 0 fully saturated rings. The maximum Gasteiger partial charge on any atom is 0.303 e. The lowest BCUT2D eigenvalue weighted by Gasteiger charge is -2.18. The van der Waals surface area contributed by atoms with Crippen molar-refractivity contribution in [1.82, 2.24) is 9.47 Å². The summed E-state index contributed by atoms with van der Waals surface area (Å²) in [6.45, 7) is 5.04. The first kappa shape index (κ1) is 17.7. The van der Waals surface area contributed by atoms with E-state index >= 15 is 0 Å². The lowest BCUT2D eigenvalue weighted by molar-refractivity contribution is -0.137. The van der Waals surface area contributed by atoms with Gasteiger partial charge in [0.15, 0.2) is 12.4 Å². The third kappa shape index (κ3) is 5.23. The van der Waals surface area contributed by atoms with Crippen LogP contribution in [0.5, 0.6) is 5.75 Å². The van der Waals surface area contributed by atoms with Gasteiger partial charge in [0.2, 0.25) is 0 Å². The largest absolute Gasteiger partial charge is 0.481 e. The number of carboxylic acid groups (broad SMARTS) is 1. The van der Waals surface area contributed by atoms with Crippen molar-refractivity contribution in [2.75, 3.05) is 19.7 Å². The van der Waals surface area contributed by atoms with E-state index in [9.17, 15) is 14.4 Å². The summed E-state index contributed by atoms with van der Waals surface area (Å²) in [6, 6.07) is 3.14. The molecule has 0 radical (unpaired) electrons. The molecule has 7 nitrogen and oxygen atoms in total. The fourth-order valence-corrected chi connectivity index (χ4v) is 2.01. The second-order valence-corrected chi connectivity index (χ2v) is 4.72. The third-order valence-electron chi connectivity index (χ3n) is 3.24. The summed E-state index contributed by atoms with van der Waals surface area (Å²) in [7, 11) is 0. The molecule has 0 atom stereocenters. The average Bonchev–Trinajstić information content (AvgIpc) is 2.48. The Morgan fingerprint density at radius 1 is 1.32 bits per heavy atom. The highest BCUT2D eigenvalue weighted by Gasteiger charge is 2.12. The number of carboxylic acids is 1. The third-order valence-corrected chi connectivity index (χ3v) is 3.24. The molecule has 1 heterocycles. The summed E-state index contributed by atoms with van der Waals surface area (Å²) < 4.78 is 6.70. The zero-order valence-electron chi connectivity index (χ0n) is 12.9. The van der Waals surface area contributed by atoms with E-state index in [0.717, 1.165) is 0 Å². The van der Waals surface area contributed by atoms with Crippen molar-refractivity contribution in [1.29, 1.82) is 0 Å². The Morgan fingerprint density at radius 3 is 2.59 bits per heavy atom. The number of rotatable bonds is 9. The minimum atomic E-state index is -0.898. The van der Waals surface area contributed by atoms with E-state index in [0.29, 0.717) is 26.1 Å². The molecule has 0 aliphatic rings. The Balaban J connectivity index is 2.66. The molecule has 0 bridgehead atoms. The molecule has 22 heavy (non-hydrogen) atoms. The van der Waals surface area contributed by atoms with E-state index in [2.05, 4.69) is 0 Å². The van der Waals surface area contributed by atoms with Gasteiger partial charge in [-0.15, -0.1) is 0 Å². The zero-order chi connectivity index (χ0) is 16.5. The van der Waals surface area contributed by atoms with Crippen molar-refractivity contribution < 1.29 is 19.4 Å². The molecule has 0 saturated carbocycles. The van der Waals surface area contributed by atoms with E-state index in [1.807, 2.05) is 13.8 Å². The number of hydrogen-bond donors (Lipinski definition) is 1. The molecule has 1 rings (SSSR count). The summed E-state index contributed by atoms with van der Waals surface area (Å²) in [4.78, 5) is 36.1. The summed E-state index contributed by atoms with van der Waals surface area (Å²) in [5.41, 5.74) is -0.361. The Labute approximate surface area is 129 Å². The average molecular weight is 310 g/mol. The number of carbonyl (C=O) groups is 2. The van der Waals surface area contributed by atoms with Crippen LogP contribution in [-0.4, -0.2) is 46.1 Å². The van der Waals surface area contributed by atoms with Gasteiger partial charge in [0.25, 0.3) is 11.5 Å². The van der Waals surface area contributed by atoms with E-state index in [4.69, 9.17) is 9.84 Å². The Morgan fingerprint density at radius 2 is 2.00 bits per heavy atom. The lowest BCUT2D eigenvalue weighted by atomic mass is 10.3. The number of aryl methyl sites for hydroxylation is 1. The quantitative estimate of drug-likeness (QED) is 0.734. The van der Waals surface area contributed by atoms with Crippen LogP contribution < -0.4 is 10.3 Å². The first-order valence-electron chi connectivity index (χ1n) is 7.31. The van der Waals surface area contributed by atoms with Gasteiger partial charge < -0.3 is 19.3 Å². The van der Waals surface area contributed by atoms with Gasteiger partial charge in [0.1, 0.15) is 0 Å². The lowest BCUT2D eigenvalue weighted by Crippen LogP contribution is -2.35. The molecule has 1 aromatic heterocycles. The molecule has 0 spiro atoms. The zero-order valence-corrected chi connectivity index (χ0v) is 12.9. The second-order valence-electron chi connectivity index (χ2n) is 4.72. The standard InChI is InChI=1S/C15H22N2O5/c1-3-16(4-2)13(18)11-22-12-7-5-9-17(15(12)21)10-6-8-14(19)20/h5,7,9H,3-4,6,8,10-11H2,1-2H3,(H,19,20). The first-order valence-corrected chi connectivity index (χ1v) is 7.31. The van der Waals surface area contributed by atoms with Crippen LogP contribution in [0, 0.1) is 0 Å². The molecule has 1 amide bonds. The minimum Gasteiger partial charge on any atom is -0.481 e. The predicted molar refractivity (Wildman–Crippen MR) is 81.0 cm³/mol. The van der Waals surface area contributed by atoms with Crippen molar-refractivity contribution in [3.05, 3.63) is 28.7 Å². The van der Waals surface area contributed by atoms with Gasteiger partial charge >= 0.3 is 5.97 Å². The SMILES string of the molecule is CCN(CC)C(=O)COc1cccn(CCCC(=O)O)c1=O. The number of carbonyl (C=O) groups excluding carboxylic acids is 1. The molecular formula is C15H22N2O5. The number of amides is 1. The minimum absolute atomic E-state index is 0.00201. The number of pyridine rings is 1. The molecule has 0 saturated heterocycles. The highest BCUT2D eigenvalue weighted by Crippen LogP contribution is 2.04. The molecule has 0 unspecified atom stereocenters. The van der Waals surface area contributed by atoms with Gasteiger partial charge in [-0.2, -0.15) is 0 Å². The number of likely N-dealkylation sites (N-methyl/N-ethyl adjacent to an activating group) is 1. The molecular weight excluding hydrogens is 288 g/mol. The van der Waals surface area contributed by atoms with E-state index < -0.39 is 5.97 Å². The van der Waals surface area contributed by atoms with Gasteiger partial charge in [0.05, 0.1) is 0 Å². The maximum absolute atomic E-state index is 12.1. The van der Waals surface area contributed by atoms with Crippen molar-refractivity contribution in [3.63, 3.8) is 0 Å². The molecule has 0 aliphatic carbocycles. The number of ether oxygens (including phenoxy) is 1. The van der Waals surface area contributed by atoms with Crippen LogP contribution in [0.2, 0.25) is 0 Å². The fraction of sp³-hybridized carbons (Fsp3) is 0.533. The highest BCUT2D eigenvalue weighted by atomic mass is 16.5. The van der Waals surface area contributed by atoms with Crippen LogP contribution in [0.1, 0.15) is 26.7 Å². The molecule has 0 aliphatic heterocycles. The van der Waals surface area contributed by atoms with Gasteiger partial charge in [-0.1, -0.05) is 0 Å². The Hall–Kier alpha value is -2.31. The molecule has 1 aromatic rings. The van der Waals surface area contributed by atoms with Crippen LogP contribution >= 0.6 is 0 Å². The van der Waals surface area contributed by atoms with Crippen LogP contribution in [0.3, 0.4) is 0 Å². The van der Waals surface area contributed by atoms with Crippen LogP contribution in [0.25, 0.3) is 0 Å². The fourth-order valence-electron chi connectivity index (χ4n) is 2.01. The van der Waals surface area contributed by atoms with Crippen molar-refractivity contribution >= 4 is 11.9 Å². The van der Waals surface area contributed by atoms with Gasteiger partial charge in [0, 0.05) is 32.3 Å². The molecule has 122 valence electrons. The van der Waals surface area contributed by atoms with Crippen LogP contribution in [-0.2, 0) is 16.1 Å². The second kappa shape index (κ2) is 8.86. The molecule has 0 aromatic carbocycles. The van der Waals surface area contributed by atoms with Gasteiger partial charge in [-0.3, -0.25) is 14.4 Å². The summed E-state index contributed by atoms with van der Waals surface area (Å²) in [5.74, 6) is -0.978. The normalized spacial score (nSPS) is 10.3. The summed E-state index contributed by atoms with van der Waals surface area (Å²) >= 11 is 0. The number of aromatic nitrogens is 1. The number of hydrogen-bond acceptors (Lipinski definition) is 4. The highest BCUT2D eigenvalue weighted by molar-refractivity contribution is 5.77. The van der Waals surface area contributed by atoms with Crippen molar-refractivity contribution in [2.45, 2.75) is 33.2 Å². The van der Waals surface area contributed by atoms with Crippen molar-refractivity contribution in [2.24, 2.45) is 0 Å². The molecule has 7 heteroatoms.